The third-order valence-corrected chi connectivity index (χ3v) is 4.28. The van der Waals surface area contributed by atoms with Crippen molar-refractivity contribution in [1.29, 1.82) is 0 Å². The Morgan fingerprint density at radius 1 is 1.17 bits per heavy atom. The molecule has 0 aromatic carbocycles. The molecular weight excluding hydrogens is 228 g/mol. The molecule has 1 aliphatic carbocycles. The molecule has 0 aromatic rings. The summed E-state index contributed by atoms with van der Waals surface area (Å²) in [4.78, 5) is 5.17. The van der Waals surface area contributed by atoms with Crippen LogP contribution >= 0.6 is 0 Å². The van der Waals surface area contributed by atoms with Crippen molar-refractivity contribution in [2.75, 3.05) is 32.7 Å². The van der Waals surface area contributed by atoms with Gasteiger partial charge in [0.1, 0.15) is 5.84 Å². The molecule has 0 amide bonds. The van der Waals surface area contributed by atoms with Crippen LogP contribution in [-0.4, -0.2) is 59.6 Å². The van der Waals surface area contributed by atoms with Crippen LogP contribution < -0.4 is 5.73 Å². The van der Waals surface area contributed by atoms with Gasteiger partial charge < -0.3 is 15.8 Å². The Bertz CT molecular complexity index is 268. The van der Waals surface area contributed by atoms with E-state index in [2.05, 4.69) is 15.0 Å². The van der Waals surface area contributed by atoms with E-state index in [1.165, 1.54) is 51.9 Å². The number of oxime groups is 1. The second kappa shape index (κ2) is 6.95. The third-order valence-electron chi connectivity index (χ3n) is 4.28. The Labute approximate surface area is 110 Å². The van der Waals surface area contributed by atoms with Crippen LogP contribution in [0.25, 0.3) is 0 Å². The predicted molar refractivity (Wildman–Crippen MR) is 72.9 cm³/mol. The van der Waals surface area contributed by atoms with Crippen molar-refractivity contribution in [3.05, 3.63) is 0 Å². The molecule has 3 N–H and O–H groups in total. The van der Waals surface area contributed by atoms with Crippen molar-refractivity contribution in [3.63, 3.8) is 0 Å². The fraction of sp³-hybridized carbons (Fsp3) is 0.923. The smallest absolute Gasteiger partial charge is 0.139 e. The van der Waals surface area contributed by atoms with Crippen molar-refractivity contribution in [3.8, 4) is 0 Å². The number of hydrogen-bond donors (Lipinski definition) is 2. The van der Waals surface area contributed by atoms with Crippen LogP contribution in [0.2, 0.25) is 0 Å². The lowest BCUT2D eigenvalue weighted by Crippen LogP contribution is -2.49. The summed E-state index contributed by atoms with van der Waals surface area (Å²) >= 11 is 0. The number of rotatable bonds is 5. The molecule has 5 nitrogen and oxygen atoms in total. The molecule has 0 unspecified atom stereocenters. The van der Waals surface area contributed by atoms with Crippen LogP contribution in [0.4, 0.5) is 0 Å². The van der Waals surface area contributed by atoms with Crippen LogP contribution in [0, 0.1) is 0 Å². The van der Waals surface area contributed by atoms with Crippen molar-refractivity contribution in [2.24, 2.45) is 10.9 Å². The molecule has 1 saturated heterocycles. The van der Waals surface area contributed by atoms with E-state index >= 15 is 0 Å². The quantitative estimate of drug-likeness (QED) is 0.333. The number of amidine groups is 1. The van der Waals surface area contributed by atoms with Gasteiger partial charge in [0, 0.05) is 38.6 Å². The van der Waals surface area contributed by atoms with Gasteiger partial charge in [-0.15, -0.1) is 0 Å². The van der Waals surface area contributed by atoms with Crippen LogP contribution in [-0.2, 0) is 0 Å². The Morgan fingerprint density at radius 2 is 1.83 bits per heavy atom. The molecule has 0 radical (unpaired) electrons. The molecule has 0 aromatic heterocycles. The Kier molecular flexibility index (Phi) is 5.26. The van der Waals surface area contributed by atoms with E-state index in [1.54, 1.807) is 0 Å². The van der Waals surface area contributed by atoms with E-state index in [9.17, 15) is 0 Å². The highest BCUT2D eigenvalue weighted by atomic mass is 16.4. The molecule has 2 fully saturated rings. The van der Waals surface area contributed by atoms with Crippen molar-refractivity contribution >= 4 is 5.84 Å². The predicted octanol–water partition coefficient (Wildman–Crippen LogP) is 1.07. The molecule has 1 saturated carbocycles. The first-order valence-corrected chi connectivity index (χ1v) is 7.22. The van der Waals surface area contributed by atoms with Crippen LogP contribution in [0.3, 0.4) is 0 Å². The summed E-state index contributed by atoms with van der Waals surface area (Å²) in [5.74, 6) is 0.347. The number of piperazine rings is 1. The molecule has 5 heteroatoms. The Hall–Kier alpha value is -0.810. The second-order valence-corrected chi connectivity index (χ2v) is 5.51. The minimum absolute atomic E-state index is 0.347. The summed E-state index contributed by atoms with van der Waals surface area (Å²) in [7, 11) is 0. The first-order chi connectivity index (χ1) is 8.79. The van der Waals surface area contributed by atoms with Gasteiger partial charge in [-0.3, -0.25) is 4.90 Å². The van der Waals surface area contributed by atoms with E-state index in [0.717, 1.165) is 19.0 Å². The van der Waals surface area contributed by atoms with E-state index < -0.39 is 0 Å². The SMILES string of the molecule is NC(CCCN1CCN(C2CCCC2)CC1)=NO. The van der Waals surface area contributed by atoms with Gasteiger partial charge in [-0.25, -0.2) is 0 Å². The number of nitrogens with zero attached hydrogens (tertiary/aromatic N) is 3. The highest BCUT2D eigenvalue weighted by molar-refractivity contribution is 5.79. The van der Waals surface area contributed by atoms with Crippen LogP contribution in [0.1, 0.15) is 38.5 Å². The molecule has 0 spiro atoms. The maximum atomic E-state index is 8.47. The summed E-state index contributed by atoms with van der Waals surface area (Å²) in [6.45, 7) is 5.84. The van der Waals surface area contributed by atoms with Crippen LogP contribution in [0.5, 0.6) is 0 Å². The highest BCUT2D eigenvalue weighted by Crippen LogP contribution is 2.24. The monoisotopic (exact) mass is 254 g/mol. The van der Waals surface area contributed by atoms with Gasteiger partial charge >= 0.3 is 0 Å². The molecule has 0 atom stereocenters. The molecular formula is C13H26N4O. The maximum Gasteiger partial charge on any atom is 0.139 e. The Balaban J connectivity index is 1.61. The van der Waals surface area contributed by atoms with Crippen molar-refractivity contribution < 1.29 is 5.21 Å². The summed E-state index contributed by atoms with van der Waals surface area (Å²) in [6, 6.07) is 0.865. The van der Waals surface area contributed by atoms with Gasteiger partial charge in [-0.1, -0.05) is 18.0 Å². The van der Waals surface area contributed by atoms with E-state index in [0.29, 0.717) is 12.3 Å². The van der Waals surface area contributed by atoms with E-state index in [1.807, 2.05) is 0 Å². The molecule has 0 bridgehead atoms. The first-order valence-electron chi connectivity index (χ1n) is 7.22. The van der Waals surface area contributed by atoms with Gasteiger partial charge in [-0.2, -0.15) is 0 Å². The van der Waals surface area contributed by atoms with E-state index in [4.69, 9.17) is 10.9 Å². The fourth-order valence-corrected chi connectivity index (χ4v) is 3.16. The number of nitrogens with two attached hydrogens (primary N) is 1. The van der Waals surface area contributed by atoms with Crippen molar-refractivity contribution in [2.45, 2.75) is 44.6 Å². The highest BCUT2D eigenvalue weighted by Gasteiger charge is 2.25. The van der Waals surface area contributed by atoms with Gasteiger partial charge in [-0.05, 0) is 25.8 Å². The van der Waals surface area contributed by atoms with Crippen molar-refractivity contribution in [1.82, 2.24) is 9.80 Å². The third kappa shape index (κ3) is 3.85. The zero-order valence-electron chi connectivity index (χ0n) is 11.2. The molecule has 18 heavy (non-hydrogen) atoms. The lowest BCUT2D eigenvalue weighted by atomic mass is 10.1. The van der Waals surface area contributed by atoms with E-state index in [-0.39, 0.29) is 0 Å². The number of hydrogen-bond acceptors (Lipinski definition) is 4. The van der Waals surface area contributed by atoms with Gasteiger partial charge in [0.25, 0.3) is 0 Å². The summed E-state index contributed by atoms with van der Waals surface area (Å²) in [5, 5.41) is 11.5. The second-order valence-electron chi connectivity index (χ2n) is 5.51. The molecule has 1 aliphatic heterocycles. The zero-order chi connectivity index (χ0) is 12.8. The maximum absolute atomic E-state index is 8.47. The lowest BCUT2D eigenvalue weighted by molar-refractivity contribution is 0.0975. The average molecular weight is 254 g/mol. The molecule has 2 aliphatic rings. The average Bonchev–Trinajstić information content (AvgIpc) is 2.93. The first kappa shape index (κ1) is 13.6. The summed E-state index contributed by atoms with van der Waals surface area (Å²) in [6.07, 6.45) is 7.33. The largest absolute Gasteiger partial charge is 0.409 e. The molecule has 2 rings (SSSR count). The standard InChI is InChI=1S/C13H26N4O/c14-13(15-18)6-3-7-16-8-10-17(11-9-16)12-4-1-2-5-12/h12,18H,1-11H2,(H2,14,15). The molecule has 1 heterocycles. The summed E-state index contributed by atoms with van der Waals surface area (Å²) < 4.78 is 0. The zero-order valence-corrected chi connectivity index (χ0v) is 11.2. The topological polar surface area (TPSA) is 65.1 Å². The van der Waals surface area contributed by atoms with Gasteiger partial charge in [0.05, 0.1) is 0 Å². The fourth-order valence-electron chi connectivity index (χ4n) is 3.16. The van der Waals surface area contributed by atoms with Gasteiger partial charge in [0.2, 0.25) is 0 Å². The molecule has 104 valence electrons. The van der Waals surface area contributed by atoms with Gasteiger partial charge in [0.15, 0.2) is 0 Å². The lowest BCUT2D eigenvalue weighted by Gasteiger charge is -2.38. The normalized spacial score (nSPS) is 24.8. The Morgan fingerprint density at radius 3 is 2.44 bits per heavy atom. The summed E-state index contributed by atoms with van der Waals surface area (Å²) in [5.41, 5.74) is 5.47. The minimum Gasteiger partial charge on any atom is -0.409 e. The van der Waals surface area contributed by atoms with Crippen LogP contribution in [0.15, 0.2) is 5.16 Å². The minimum atomic E-state index is 0.347.